The minimum atomic E-state index is -0.125. The van der Waals surface area contributed by atoms with Gasteiger partial charge in [0.15, 0.2) is 0 Å². The summed E-state index contributed by atoms with van der Waals surface area (Å²) in [6, 6.07) is 0. The molecule has 0 heterocycles. The van der Waals surface area contributed by atoms with E-state index in [2.05, 4.69) is 23.6 Å². The Balaban J connectivity index is -0.000000126. The summed E-state index contributed by atoms with van der Waals surface area (Å²) in [5.74, 6) is 0. The molecule has 0 saturated heterocycles. The predicted molar refractivity (Wildman–Crippen MR) is 95.1 cm³/mol. The second-order valence-corrected chi connectivity index (χ2v) is 4.31. The van der Waals surface area contributed by atoms with Gasteiger partial charge in [0.05, 0.1) is 39.6 Å². The Labute approximate surface area is 151 Å². The van der Waals surface area contributed by atoms with Crippen LogP contribution in [0, 0.1) is 0 Å². The van der Waals surface area contributed by atoms with Crippen LogP contribution < -0.4 is 0 Å². The first kappa shape index (κ1) is 32.3. The number of hydrogen-bond acceptors (Lipinski definition) is 9. The van der Waals surface area contributed by atoms with E-state index in [1.807, 2.05) is 0 Å². The van der Waals surface area contributed by atoms with Crippen LogP contribution in [0.3, 0.4) is 0 Å². The summed E-state index contributed by atoms with van der Waals surface area (Å²) in [7, 11) is 0. The second-order valence-electron chi connectivity index (χ2n) is 4.31. The molecule has 9 heteroatoms. The lowest BCUT2D eigenvalue weighted by atomic mass is 10.3. The summed E-state index contributed by atoms with van der Waals surface area (Å²) in [5.41, 5.74) is 0. The Morgan fingerprint density at radius 1 is 0.480 bits per heavy atom. The lowest BCUT2D eigenvalue weighted by molar-refractivity contribution is -0.300. The summed E-state index contributed by atoms with van der Waals surface area (Å²) in [6.07, 6.45) is 4.91. The lowest BCUT2D eigenvalue weighted by Crippen LogP contribution is -2.03. The van der Waals surface area contributed by atoms with Crippen molar-refractivity contribution in [3.8, 4) is 0 Å². The van der Waals surface area contributed by atoms with Crippen LogP contribution >= 0.6 is 0 Å². The van der Waals surface area contributed by atoms with E-state index in [9.17, 15) is 0 Å². The van der Waals surface area contributed by atoms with Gasteiger partial charge in [-0.2, -0.15) is 0 Å². The van der Waals surface area contributed by atoms with Gasteiger partial charge in [-0.05, 0) is 12.8 Å². The first-order valence-corrected chi connectivity index (χ1v) is 8.63. The maximum atomic E-state index is 8.10. The summed E-state index contributed by atoms with van der Waals surface area (Å²) >= 11 is 0. The molecule has 0 rings (SSSR count). The minimum Gasteiger partial charge on any atom is -0.394 e. The summed E-state index contributed by atoms with van der Waals surface area (Å²) in [5, 5.41) is 46.7. The highest BCUT2D eigenvalue weighted by atomic mass is 17.2. The van der Waals surface area contributed by atoms with Crippen LogP contribution in [0.25, 0.3) is 0 Å². The predicted octanol–water partition coefficient (Wildman–Crippen LogP) is -0.536. The van der Waals surface area contributed by atoms with E-state index in [4.69, 9.17) is 35.4 Å². The van der Waals surface area contributed by atoms with Gasteiger partial charge >= 0.3 is 0 Å². The van der Waals surface area contributed by atoms with E-state index in [1.54, 1.807) is 0 Å². The molecule has 6 N–H and O–H groups in total. The first-order chi connectivity index (χ1) is 12.2. The zero-order valence-corrected chi connectivity index (χ0v) is 15.8. The van der Waals surface area contributed by atoms with E-state index in [0.29, 0.717) is 0 Å². The molecule has 0 amide bonds. The molecule has 0 aliphatic carbocycles. The fourth-order valence-electron chi connectivity index (χ4n) is 0.787. The highest BCUT2D eigenvalue weighted by Gasteiger charge is 1.84. The van der Waals surface area contributed by atoms with Crippen LogP contribution in [-0.2, 0) is 14.5 Å². The average Bonchev–Trinajstić information content (AvgIpc) is 2.66. The smallest absolute Gasteiger partial charge is 0.105 e. The summed E-state index contributed by atoms with van der Waals surface area (Å²) in [6.45, 7) is 5.95. The molecule has 0 aromatic heterocycles. The number of rotatable bonds is 13. The molecule has 0 aliphatic heterocycles. The highest BCUT2D eigenvalue weighted by Crippen LogP contribution is 1.91. The third-order valence-electron chi connectivity index (χ3n) is 1.92. The number of ether oxygens (including phenoxy) is 1. The first-order valence-electron chi connectivity index (χ1n) is 8.63. The van der Waals surface area contributed by atoms with Crippen molar-refractivity contribution in [1.82, 2.24) is 0 Å². The van der Waals surface area contributed by atoms with Crippen LogP contribution in [-0.4, -0.2) is 96.7 Å². The maximum absolute atomic E-state index is 8.10. The van der Waals surface area contributed by atoms with Gasteiger partial charge in [0.1, 0.15) is 13.2 Å². The zero-order valence-electron chi connectivity index (χ0n) is 15.8. The molecular weight excluding hydrogens is 336 g/mol. The van der Waals surface area contributed by atoms with Gasteiger partial charge in [-0.15, -0.1) is 0 Å². The van der Waals surface area contributed by atoms with Crippen molar-refractivity contribution in [2.24, 2.45) is 0 Å². The average molecular weight is 376 g/mol. The molecule has 0 aliphatic rings. The molecule has 0 radical (unpaired) electrons. The molecule has 25 heavy (non-hydrogen) atoms. The van der Waals surface area contributed by atoms with Gasteiger partial charge in [-0.25, -0.2) is 9.78 Å². The molecule has 0 aromatic carbocycles. The minimum absolute atomic E-state index is 0.0641. The maximum Gasteiger partial charge on any atom is 0.105 e. The van der Waals surface area contributed by atoms with E-state index in [1.165, 1.54) is 25.7 Å². The molecule has 0 aromatic rings. The molecule has 0 atom stereocenters. The molecule has 158 valence electrons. The van der Waals surface area contributed by atoms with Gasteiger partial charge in [-0.1, -0.05) is 26.7 Å². The van der Waals surface area contributed by atoms with Crippen molar-refractivity contribution in [3.05, 3.63) is 0 Å². The topological polar surface area (TPSA) is 149 Å². The number of aliphatic hydroxyl groups is 6. The van der Waals surface area contributed by atoms with Crippen molar-refractivity contribution in [2.45, 2.75) is 39.5 Å². The lowest BCUT2D eigenvalue weighted by Gasteiger charge is -1.99. The number of unbranched alkanes of at least 4 members (excludes halogenated alkanes) is 2. The fraction of sp³-hybridized carbons (Fsp3) is 1.00. The van der Waals surface area contributed by atoms with Gasteiger partial charge < -0.3 is 35.4 Å². The molecule has 9 nitrogen and oxygen atoms in total. The fourth-order valence-corrected chi connectivity index (χ4v) is 0.787. The van der Waals surface area contributed by atoms with Crippen LogP contribution in [0.15, 0.2) is 0 Å². The Hall–Kier alpha value is -0.360. The Kier molecular flexibility index (Phi) is 56.6. The summed E-state index contributed by atoms with van der Waals surface area (Å²) in [4.78, 5) is 8.63. The van der Waals surface area contributed by atoms with Crippen molar-refractivity contribution >= 4 is 0 Å². The third-order valence-corrected chi connectivity index (χ3v) is 1.92. The molecule has 0 spiro atoms. The van der Waals surface area contributed by atoms with Gasteiger partial charge in [0.25, 0.3) is 0 Å². The van der Waals surface area contributed by atoms with E-state index < -0.39 is 0 Å². The van der Waals surface area contributed by atoms with Crippen LogP contribution in [0.1, 0.15) is 39.5 Å². The van der Waals surface area contributed by atoms with Crippen molar-refractivity contribution in [3.63, 3.8) is 0 Å². The van der Waals surface area contributed by atoms with Crippen molar-refractivity contribution in [2.75, 3.05) is 66.1 Å². The summed E-state index contributed by atoms with van der Waals surface area (Å²) < 4.78 is 5.31. The normalized spacial score (nSPS) is 9.12. The van der Waals surface area contributed by atoms with Crippen LogP contribution in [0.5, 0.6) is 0 Å². The SMILES string of the molecule is CCCCOCCCC.OCCO.OCCO.OCCOOCCO. The molecule has 0 fully saturated rings. The van der Waals surface area contributed by atoms with Crippen molar-refractivity contribution < 1.29 is 45.2 Å². The van der Waals surface area contributed by atoms with Gasteiger partial charge in [0.2, 0.25) is 0 Å². The van der Waals surface area contributed by atoms with Crippen LogP contribution in [0.4, 0.5) is 0 Å². The Bertz CT molecular complexity index is 143. The van der Waals surface area contributed by atoms with Crippen molar-refractivity contribution in [1.29, 1.82) is 0 Å². The highest BCUT2D eigenvalue weighted by molar-refractivity contribution is 4.33. The molecule has 0 bridgehead atoms. The van der Waals surface area contributed by atoms with Gasteiger partial charge in [0, 0.05) is 13.2 Å². The largest absolute Gasteiger partial charge is 0.394 e. The molecule has 0 unspecified atom stereocenters. The molecular formula is C16H40O9. The van der Waals surface area contributed by atoms with Crippen LogP contribution in [0.2, 0.25) is 0 Å². The second kappa shape index (κ2) is 43.8. The van der Waals surface area contributed by atoms with Gasteiger partial charge in [-0.3, -0.25) is 0 Å². The number of aliphatic hydroxyl groups excluding tert-OH is 6. The van der Waals surface area contributed by atoms with E-state index in [-0.39, 0.29) is 52.9 Å². The van der Waals surface area contributed by atoms with E-state index in [0.717, 1.165) is 13.2 Å². The third kappa shape index (κ3) is 69.3. The molecule has 0 saturated carbocycles. The quantitative estimate of drug-likeness (QED) is 0.142. The Morgan fingerprint density at radius 3 is 1.00 bits per heavy atom. The zero-order chi connectivity index (χ0) is 20.0. The van der Waals surface area contributed by atoms with E-state index >= 15 is 0 Å². The monoisotopic (exact) mass is 376 g/mol. The standard InChI is InChI=1S/C8H18O.C4H10O4.2C2H6O2/c1-3-5-7-9-8-6-4-2;5-1-3-7-8-4-2-6;2*3-1-2-4/h3-8H2,1-2H3;5-6H,1-4H2;2*3-4H,1-2H2. The Morgan fingerprint density at radius 2 is 0.800 bits per heavy atom. The number of hydrogen-bond donors (Lipinski definition) is 6.